The first kappa shape index (κ1) is 11.0. The summed E-state index contributed by atoms with van der Waals surface area (Å²) < 4.78 is 3.82. The van der Waals surface area contributed by atoms with Crippen molar-refractivity contribution in [2.24, 2.45) is 0 Å². The van der Waals surface area contributed by atoms with E-state index in [0.717, 1.165) is 18.8 Å². The lowest BCUT2D eigenvalue weighted by Gasteiger charge is -2.15. The van der Waals surface area contributed by atoms with E-state index in [1.165, 1.54) is 17.1 Å². The van der Waals surface area contributed by atoms with E-state index >= 15 is 0 Å². The highest BCUT2D eigenvalue weighted by Crippen LogP contribution is 2.15. The molecule has 2 N–H and O–H groups in total. The van der Waals surface area contributed by atoms with E-state index in [9.17, 15) is 0 Å². The van der Waals surface area contributed by atoms with Crippen molar-refractivity contribution in [1.82, 2.24) is 14.5 Å². The molecule has 0 aliphatic heterocycles. The smallest absolute Gasteiger partial charge is 0.132 e. The number of hydrogen-bond acceptors (Lipinski definition) is 5. The fourth-order valence-corrected chi connectivity index (χ4v) is 1.97. The molecule has 0 radical (unpaired) electrons. The molecule has 5 heteroatoms. The van der Waals surface area contributed by atoms with E-state index in [0.29, 0.717) is 5.00 Å². The molecule has 0 unspecified atom stereocenters. The van der Waals surface area contributed by atoms with Crippen LogP contribution in [0.3, 0.4) is 0 Å². The van der Waals surface area contributed by atoms with Crippen molar-refractivity contribution in [1.29, 1.82) is 0 Å². The van der Waals surface area contributed by atoms with E-state index in [4.69, 9.17) is 5.73 Å². The van der Waals surface area contributed by atoms with Gasteiger partial charge in [-0.05, 0) is 12.6 Å². The SMILES string of the molecule is CN(Cc1ccccc1)Cc1nnsc1N. The fraction of sp³-hybridized carbons (Fsp3) is 0.273. The molecule has 0 saturated carbocycles. The Kier molecular flexibility index (Phi) is 3.48. The molecule has 1 heterocycles. The van der Waals surface area contributed by atoms with Gasteiger partial charge in [-0.2, -0.15) is 0 Å². The highest BCUT2D eigenvalue weighted by Gasteiger charge is 2.07. The predicted molar refractivity (Wildman–Crippen MR) is 65.9 cm³/mol. The molecule has 0 bridgehead atoms. The third kappa shape index (κ3) is 2.77. The van der Waals surface area contributed by atoms with Crippen LogP contribution in [-0.2, 0) is 13.1 Å². The minimum absolute atomic E-state index is 0.708. The number of rotatable bonds is 4. The number of nitrogen functional groups attached to an aromatic ring is 1. The molecule has 0 saturated heterocycles. The third-order valence-corrected chi connectivity index (χ3v) is 2.90. The van der Waals surface area contributed by atoms with Gasteiger partial charge >= 0.3 is 0 Å². The van der Waals surface area contributed by atoms with Crippen molar-refractivity contribution < 1.29 is 0 Å². The Hall–Kier alpha value is -1.46. The number of nitrogens with zero attached hydrogens (tertiary/aromatic N) is 3. The van der Waals surface area contributed by atoms with Crippen molar-refractivity contribution in [2.45, 2.75) is 13.1 Å². The van der Waals surface area contributed by atoms with Crippen molar-refractivity contribution in [2.75, 3.05) is 12.8 Å². The molecule has 0 spiro atoms. The summed E-state index contributed by atoms with van der Waals surface area (Å²) in [6.45, 7) is 1.62. The first-order valence-corrected chi connectivity index (χ1v) is 5.82. The van der Waals surface area contributed by atoms with Gasteiger partial charge in [-0.3, -0.25) is 4.90 Å². The number of hydrogen-bond donors (Lipinski definition) is 1. The molecule has 0 amide bonds. The van der Waals surface area contributed by atoms with Crippen LogP contribution in [0.4, 0.5) is 5.00 Å². The maximum Gasteiger partial charge on any atom is 0.132 e. The van der Waals surface area contributed by atoms with Crippen molar-refractivity contribution in [3.63, 3.8) is 0 Å². The maximum absolute atomic E-state index is 5.75. The molecular formula is C11H14N4S. The summed E-state index contributed by atoms with van der Waals surface area (Å²) in [5.74, 6) is 0. The van der Waals surface area contributed by atoms with E-state index in [1.807, 2.05) is 25.2 Å². The largest absolute Gasteiger partial charge is 0.388 e. The van der Waals surface area contributed by atoms with Gasteiger partial charge in [0, 0.05) is 24.6 Å². The highest BCUT2D eigenvalue weighted by molar-refractivity contribution is 7.09. The van der Waals surface area contributed by atoms with Gasteiger partial charge in [-0.1, -0.05) is 34.8 Å². The molecule has 0 fully saturated rings. The number of aromatic nitrogens is 2. The Morgan fingerprint density at radius 3 is 2.62 bits per heavy atom. The monoisotopic (exact) mass is 234 g/mol. The Bertz CT molecular complexity index is 440. The Balaban J connectivity index is 1.95. The average molecular weight is 234 g/mol. The summed E-state index contributed by atoms with van der Waals surface area (Å²) in [6.07, 6.45) is 0. The first-order chi connectivity index (χ1) is 7.75. The zero-order chi connectivity index (χ0) is 11.4. The molecule has 4 nitrogen and oxygen atoms in total. The highest BCUT2D eigenvalue weighted by atomic mass is 32.1. The fourth-order valence-electron chi connectivity index (χ4n) is 1.53. The summed E-state index contributed by atoms with van der Waals surface area (Å²) in [6, 6.07) is 10.3. The topological polar surface area (TPSA) is 55.0 Å². The summed E-state index contributed by atoms with van der Waals surface area (Å²) in [4.78, 5) is 2.17. The molecule has 16 heavy (non-hydrogen) atoms. The Morgan fingerprint density at radius 2 is 2.00 bits per heavy atom. The molecule has 84 valence electrons. The molecule has 2 aromatic rings. The van der Waals surface area contributed by atoms with Crippen molar-refractivity contribution in [3.05, 3.63) is 41.6 Å². The lowest BCUT2D eigenvalue weighted by atomic mass is 10.2. The van der Waals surface area contributed by atoms with Gasteiger partial charge in [0.1, 0.15) is 10.7 Å². The molecule has 2 rings (SSSR count). The average Bonchev–Trinajstić information content (AvgIpc) is 2.66. The van der Waals surface area contributed by atoms with Gasteiger partial charge in [0.2, 0.25) is 0 Å². The molecule has 0 atom stereocenters. The second-order valence-electron chi connectivity index (χ2n) is 3.74. The number of anilines is 1. The van der Waals surface area contributed by atoms with E-state index in [-0.39, 0.29) is 0 Å². The number of nitrogens with two attached hydrogens (primary N) is 1. The van der Waals surface area contributed by atoms with E-state index < -0.39 is 0 Å². The standard InChI is InChI=1S/C11H14N4S/c1-15(7-9-5-3-2-4-6-9)8-10-11(12)16-14-13-10/h2-6H,7-8,12H2,1H3. The van der Waals surface area contributed by atoms with Gasteiger partial charge in [0.25, 0.3) is 0 Å². The van der Waals surface area contributed by atoms with Crippen molar-refractivity contribution in [3.8, 4) is 0 Å². The van der Waals surface area contributed by atoms with Gasteiger partial charge in [-0.15, -0.1) is 5.10 Å². The summed E-state index contributed by atoms with van der Waals surface area (Å²) in [5, 5.41) is 4.71. The molecule has 0 aliphatic rings. The van der Waals surface area contributed by atoms with Crippen LogP contribution in [0.15, 0.2) is 30.3 Å². The lowest BCUT2D eigenvalue weighted by molar-refractivity contribution is 0.315. The zero-order valence-corrected chi connectivity index (χ0v) is 9.94. The van der Waals surface area contributed by atoms with Crippen LogP contribution in [-0.4, -0.2) is 21.5 Å². The minimum Gasteiger partial charge on any atom is -0.388 e. The van der Waals surface area contributed by atoms with Crippen LogP contribution in [0.5, 0.6) is 0 Å². The first-order valence-electron chi connectivity index (χ1n) is 5.05. The lowest BCUT2D eigenvalue weighted by Crippen LogP contribution is -2.18. The Labute approximate surface area is 98.9 Å². The van der Waals surface area contributed by atoms with Gasteiger partial charge in [-0.25, -0.2) is 0 Å². The van der Waals surface area contributed by atoms with Crippen LogP contribution < -0.4 is 5.73 Å². The summed E-state index contributed by atoms with van der Waals surface area (Å²) in [7, 11) is 2.05. The quantitative estimate of drug-likeness (QED) is 0.875. The van der Waals surface area contributed by atoms with Gasteiger partial charge in [0.15, 0.2) is 0 Å². The summed E-state index contributed by atoms with van der Waals surface area (Å²) >= 11 is 1.24. The molecule has 1 aromatic heterocycles. The normalized spacial score (nSPS) is 10.9. The van der Waals surface area contributed by atoms with E-state index in [1.54, 1.807) is 0 Å². The van der Waals surface area contributed by atoms with Gasteiger partial charge in [0.05, 0.1) is 0 Å². The van der Waals surface area contributed by atoms with Crippen LogP contribution in [0.2, 0.25) is 0 Å². The molecule has 0 aliphatic carbocycles. The molecule has 1 aromatic carbocycles. The Morgan fingerprint density at radius 1 is 1.25 bits per heavy atom. The zero-order valence-electron chi connectivity index (χ0n) is 9.13. The second kappa shape index (κ2) is 5.05. The van der Waals surface area contributed by atoms with Crippen LogP contribution in [0, 0.1) is 0 Å². The van der Waals surface area contributed by atoms with Crippen LogP contribution >= 0.6 is 11.5 Å². The van der Waals surface area contributed by atoms with Crippen LogP contribution in [0.25, 0.3) is 0 Å². The van der Waals surface area contributed by atoms with Gasteiger partial charge < -0.3 is 5.73 Å². The predicted octanol–water partition coefficient (Wildman–Crippen LogP) is 1.75. The van der Waals surface area contributed by atoms with E-state index in [2.05, 4.69) is 26.6 Å². The van der Waals surface area contributed by atoms with Crippen molar-refractivity contribution >= 4 is 16.5 Å². The van der Waals surface area contributed by atoms with Crippen LogP contribution in [0.1, 0.15) is 11.3 Å². The third-order valence-electron chi connectivity index (χ3n) is 2.30. The maximum atomic E-state index is 5.75. The number of benzene rings is 1. The minimum atomic E-state index is 0.708. The second-order valence-corrected chi connectivity index (χ2v) is 4.53. The molecular weight excluding hydrogens is 220 g/mol. The summed E-state index contributed by atoms with van der Waals surface area (Å²) in [5.41, 5.74) is 7.90.